The molecular formula is C28H19FN4O3. The highest BCUT2D eigenvalue weighted by Crippen LogP contribution is 2.55. The lowest BCUT2D eigenvalue weighted by Gasteiger charge is -2.34. The molecule has 1 amide bonds. The molecule has 6 rings (SSSR count). The van der Waals surface area contributed by atoms with Crippen LogP contribution in [-0.2, 0) is 23.8 Å². The second kappa shape index (κ2) is 7.55. The van der Waals surface area contributed by atoms with Crippen LogP contribution in [0.1, 0.15) is 16.7 Å². The molecule has 2 aliphatic rings. The number of amides is 1. The van der Waals surface area contributed by atoms with Gasteiger partial charge in [-0.1, -0.05) is 42.5 Å². The van der Waals surface area contributed by atoms with Crippen molar-refractivity contribution in [1.29, 1.82) is 5.26 Å². The summed E-state index contributed by atoms with van der Waals surface area (Å²) in [7, 11) is 1.62. The van der Waals surface area contributed by atoms with Crippen molar-refractivity contribution in [2.75, 3.05) is 4.90 Å². The predicted molar refractivity (Wildman–Crippen MR) is 131 cm³/mol. The number of para-hydroxylation sites is 2. The van der Waals surface area contributed by atoms with Gasteiger partial charge in [-0.3, -0.25) is 9.59 Å². The van der Waals surface area contributed by atoms with Gasteiger partial charge in [-0.05, 0) is 35.9 Å². The Bertz CT molecular complexity index is 1730. The van der Waals surface area contributed by atoms with Gasteiger partial charge in [0.05, 0.1) is 17.6 Å². The van der Waals surface area contributed by atoms with E-state index in [1.807, 2.05) is 0 Å². The normalized spacial score (nSPS) is 18.2. The summed E-state index contributed by atoms with van der Waals surface area (Å²) in [6, 6.07) is 22.1. The van der Waals surface area contributed by atoms with Crippen LogP contribution in [0, 0.1) is 17.1 Å². The summed E-state index contributed by atoms with van der Waals surface area (Å²) in [5.74, 6) is -0.948. The number of ether oxygens (including phenoxy) is 1. The van der Waals surface area contributed by atoms with Crippen LogP contribution in [0.5, 0.6) is 5.75 Å². The monoisotopic (exact) mass is 478 g/mol. The van der Waals surface area contributed by atoms with E-state index in [1.54, 1.807) is 67.7 Å². The lowest BCUT2D eigenvalue weighted by atomic mass is 9.69. The van der Waals surface area contributed by atoms with Gasteiger partial charge in [0.1, 0.15) is 23.2 Å². The molecule has 7 nitrogen and oxygen atoms in total. The number of nitrogens with zero attached hydrogens (tertiary/aromatic N) is 3. The first kappa shape index (κ1) is 21.6. The Morgan fingerprint density at radius 3 is 2.47 bits per heavy atom. The van der Waals surface area contributed by atoms with E-state index in [9.17, 15) is 19.2 Å². The van der Waals surface area contributed by atoms with E-state index >= 15 is 0 Å². The molecule has 2 aliphatic heterocycles. The van der Waals surface area contributed by atoms with Gasteiger partial charge in [0.2, 0.25) is 11.8 Å². The van der Waals surface area contributed by atoms with Crippen LogP contribution in [0.25, 0.3) is 10.9 Å². The first-order valence-electron chi connectivity index (χ1n) is 11.3. The lowest BCUT2D eigenvalue weighted by molar-refractivity contribution is -0.121. The van der Waals surface area contributed by atoms with Crippen molar-refractivity contribution in [2.24, 2.45) is 12.8 Å². The van der Waals surface area contributed by atoms with Crippen molar-refractivity contribution in [3.05, 3.63) is 117 Å². The highest BCUT2D eigenvalue weighted by molar-refractivity contribution is 6.14. The second-order valence-corrected chi connectivity index (χ2v) is 8.82. The van der Waals surface area contributed by atoms with Gasteiger partial charge in [0.15, 0.2) is 5.41 Å². The molecule has 1 aromatic heterocycles. The molecule has 0 saturated carbocycles. The van der Waals surface area contributed by atoms with Crippen molar-refractivity contribution < 1.29 is 13.9 Å². The van der Waals surface area contributed by atoms with E-state index in [-0.39, 0.29) is 35.1 Å². The zero-order chi connectivity index (χ0) is 25.2. The standard InChI is InChI=1S/C28H19FN4O3/c1-32-21-8-4-2-6-18(21)24-23(26(32)34)28(20(14-30)25(31)36-24)19-7-3-5-9-22(19)33(27(28)35)15-16-10-12-17(29)13-11-16/h2-13H,15,31H2,1H3. The van der Waals surface area contributed by atoms with Crippen molar-refractivity contribution >= 4 is 22.5 Å². The minimum absolute atomic E-state index is 0.0495. The SMILES string of the molecule is Cn1c(=O)c2c(c3ccccc31)OC(N)=C(C#N)C21C(=O)N(Cc2ccc(F)cc2)c2ccccc21. The molecule has 0 bridgehead atoms. The Balaban J connectivity index is 1.71. The summed E-state index contributed by atoms with van der Waals surface area (Å²) in [5, 5.41) is 10.8. The molecule has 8 heteroatoms. The quantitative estimate of drug-likeness (QED) is 0.475. The molecule has 0 aliphatic carbocycles. The van der Waals surface area contributed by atoms with Crippen LogP contribution in [-0.4, -0.2) is 10.5 Å². The lowest BCUT2D eigenvalue weighted by Crippen LogP contribution is -2.49. The number of carbonyl (C=O) groups is 1. The Kier molecular flexibility index (Phi) is 4.53. The molecule has 3 aromatic carbocycles. The number of halogens is 1. The first-order chi connectivity index (χ1) is 17.4. The number of pyridine rings is 1. The van der Waals surface area contributed by atoms with E-state index in [1.165, 1.54) is 21.6 Å². The van der Waals surface area contributed by atoms with Crippen LogP contribution < -0.4 is 20.9 Å². The smallest absolute Gasteiger partial charge is 0.259 e. The average molecular weight is 478 g/mol. The third-order valence-electron chi connectivity index (χ3n) is 6.99. The molecule has 4 aromatic rings. The number of anilines is 1. The number of fused-ring (bicyclic) bond motifs is 6. The van der Waals surface area contributed by atoms with Crippen molar-refractivity contribution in [3.8, 4) is 11.8 Å². The third kappa shape index (κ3) is 2.65. The zero-order valence-corrected chi connectivity index (χ0v) is 19.2. The molecule has 1 atom stereocenters. The van der Waals surface area contributed by atoms with Crippen molar-refractivity contribution in [3.63, 3.8) is 0 Å². The maximum Gasteiger partial charge on any atom is 0.259 e. The molecule has 0 saturated heterocycles. The minimum atomic E-state index is -1.79. The number of nitrogens with two attached hydrogens (primary N) is 1. The fourth-order valence-electron chi connectivity index (χ4n) is 5.38. The van der Waals surface area contributed by atoms with Gasteiger partial charge >= 0.3 is 0 Å². The molecule has 2 N–H and O–H groups in total. The van der Waals surface area contributed by atoms with Gasteiger partial charge in [-0.25, -0.2) is 4.39 Å². The molecule has 3 heterocycles. The highest BCUT2D eigenvalue weighted by atomic mass is 19.1. The largest absolute Gasteiger partial charge is 0.439 e. The number of carbonyl (C=O) groups excluding carboxylic acids is 1. The molecule has 1 spiro atoms. The zero-order valence-electron chi connectivity index (χ0n) is 19.2. The van der Waals surface area contributed by atoms with Crippen molar-refractivity contribution in [2.45, 2.75) is 12.0 Å². The van der Waals surface area contributed by atoms with Gasteiger partial charge in [0.25, 0.3) is 5.56 Å². The Hall–Kier alpha value is -4.90. The Labute approximate surface area is 205 Å². The Morgan fingerprint density at radius 2 is 1.72 bits per heavy atom. The maximum absolute atomic E-state index is 14.5. The average Bonchev–Trinajstić information content (AvgIpc) is 3.12. The van der Waals surface area contributed by atoms with E-state index < -0.39 is 16.9 Å². The number of rotatable bonds is 2. The van der Waals surface area contributed by atoms with Crippen molar-refractivity contribution in [1.82, 2.24) is 4.57 Å². The van der Waals surface area contributed by atoms with Crippen LogP contribution in [0.3, 0.4) is 0 Å². The summed E-state index contributed by atoms with van der Waals surface area (Å²) in [6.45, 7) is 0.112. The van der Waals surface area contributed by atoms with E-state index in [4.69, 9.17) is 10.5 Å². The highest BCUT2D eigenvalue weighted by Gasteiger charge is 2.60. The van der Waals surface area contributed by atoms with Gasteiger partial charge in [0, 0.05) is 23.7 Å². The molecule has 176 valence electrons. The van der Waals surface area contributed by atoms with Gasteiger partial charge < -0.3 is 19.9 Å². The summed E-state index contributed by atoms with van der Waals surface area (Å²) < 4.78 is 20.9. The third-order valence-corrected chi connectivity index (χ3v) is 6.99. The summed E-state index contributed by atoms with van der Waals surface area (Å²) in [6.07, 6.45) is 0. The van der Waals surface area contributed by atoms with E-state index in [2.05, 4.69) is 6.07 Å². The minimum Gasteiger partial charge on any atom is -0.439 e. The fraction of sp³-hybridized carbons (Fsp3) is 0.107. The number of hydrogen-bond donors (Lipinski definition) is 1. The number of nitriles is 1. The molecule has 36 heavy (non-hydrogen) atoms. The fourth-order valence-corrected chi connectivity index (χ4v) is 5.38. The van der Waals surface area contributed by atoms with E-state index in [0.29, 0.717) is 27.7 Å². The topological polar surface area (TPSA) is 101 Å². The van der Waals surface area contributed by atoms with Gasteiger partial charge in [-0.2, -0.15) is 5.26 Å². The number of aryl methyl sites for hydroxylation is 1. The number of hydrogen-bond acceptors (Lipinski definition) is 5. The van der Waals surface area contributed by atoms with Crippen LogP contribution in [0.2, 0.25) is 0 Å². The van der Waals surface area contributed by atoms with Gasteiger partial charge in [-0.15, -0.1) is 0 Å². The maximum atomic E-state index is 14.5. The number of benzene rings is 3. The van der Waals surface area contributed by atoms with Crippen LogP contribution in [0.4, 0.5) is 10.1 Å². The Morgan fingerprint density at radius 1 is 1.03 bits per heavy atom. The van der Waals surface area contributed by atoms with Crippen LogP contribution in [0.15, 0.2) is 89.0 Å². The molecule has 0 fully saturated rings. The summed E-state index contributed by atoms with van der Waals surface area (Å²) in [4.78, 5) is 29.9. The summed E-state index contributed by atoms with van der Waals surface area (Å²) >= 11 is 0. The molecule has 0 radical (unpaired) electrons. The summed E-state index contributed by atoms with van der Waals surface area (Å²) in [5.41, 5.74) is 6.24. The van der Waals surface area contributed by atoms with Crippen LogP contribution >= 0.6 is 0 Å². The second-order valence-electron chi connectivity index (χ2n) is 8.82. The molecule has 1 unspecified atom stereocenters. The molecular weight excluding hydrogens is 459 g/mol. The van der Waals surface area contributed by atoms with E-state index in [0.717, 1.165) is 0 Å². The number of aromatic nitrogens is 1. The first-order valence-corrected chi connectivity index (χ1v) is 11.3. The predicted octanol–water partition coefficient (Wildman–Crippen LogP) is 3.60.